The van der Waals surface area contributed by atoms with Crippen molar-refractivity contribution < 1.29 is 13.2 Å². The van der Waals surface area contributed by atoms with Crippen LogP contribution in [0.2, 0.25) is 0 Å². The first-order valence-corrected chi connectivity index (χ1v) is 12.4. The number of piperidine rings is 1. The van der Waals surface area contributed by atoms with Crippen molar-refractivity contribution in [2.45, 2.75) is 42.9 Å². The van der Waals surface area contributed by atoms with Crippen LogP contribution in [0.5, 0.6) is 0 Å². The number of nitrogens with one attached hydrogen (secondary N) is 2. The zero-order chi connectivity index (χ0) is 22.1. The summed E-state index contributed by atoms with van der Waals surface area (Å²) in [7, 11) is -3.60. The molecule has 2 heterocycles. The van der Waals surface area contributed by atoms with Gasteiger partial charge in [0.2, 0.25) is 10.0 Å². The molecule has 0 atom stereocenters. The third-order valence-electron chi connectivity index (χ3n) is 5.89. The fourth-order valence-electron chi connectivity index (χ4n) is 3.93. The summed E-state index contributed by atoms with van der Waals surface area (Å²) in [5.74, 6) is 1.61. The van der Waals surface area contributed by atoms with Crippen molar-refractivity contribution in [3.63, 3.8) is 0 Å². The molecule has 166 valence electrons. The topological polar surface area (TPSA) is 108 Å². The van der Waals surface area contributed by atoms with Gasteiger partial charge in [0.15, 0.2) is 5.82 Å². The van der Waals surface area contributed by atoms with E-state index in [2.05, 4.69) is 20.5 Å². The van der Waals surface area contributed by atoms with Crippen LogP contribution in [-0.4, -0.2) is 46.9 Å². The Morgan fingerprint density at radius 1 is 1.03 bits per heavy atom. The molecule has 0 radical (unpaired) electrons. The van der Waals surface area contributed by atoms with Crippen molar-refractivity contribution in [2.75, 3.05) is 18.4 Å². The highest BCUT2D eigenvalue weighted by Gasteiger charge is 2.28. The molecule has 1 aromatic heterocycles. The van der Waals surface area contributed by atoms with Crippen LogP contribution in [-0.2, 0) is 10.0 Å². The molecule has 3 aromatic rings. The Morgan fingerprint density at radius 2 is 1.81 bits per heavy atom. The number of hydrogen-bond acceptors (Lipinski definition) is 5. The Morgan fingerprint density at radius 3 is 2.59 bits per heavy atom. The number of anilines is 1. The van der Waals surface area contributed by atoms with E-state index in [-0.39, 0.29) is 10.8 Å². The number of carbonyl (C=O) groups excluding carboxylic acids is 1. The molecule has 0 bridgehead atoms. The van der Waals surface area contributed by atoms with Gasteiger partial charge >= 0.3 is 0 Å². The average Bonchev–Trinajstić information content (AvgIpc) is 3.56. The lowest BCUT2D eigenvalue weighted by molar-refractivity contribution is 0.102. The highest BCUT2D eigenvalue weighted by molar-refractivity contribution is 7.89. The molecule has 0 spiro atoms. The number of benzene rings is 2. The predicted octanol–water partition coefficient (Wildman–Crippen LogP) is 3.78. The van der Waals surface area contributed by atoms with Gasteiger partial charge in [0, 0.05) is 35.8 Å². The SMILES string of the molecule is O=C(Nc1cccc(-c2n[nH]c(C3CC3)n2)c1)c1cccc(S(=O)(=O)N2CCCCC2)c1. The zero-order valence-corrected chi connectivity index (χ0v) is 18.4. The minimum absolute atomic E-state index is 0.147. The molecule has 1 aliphatic carbocycles. The lowest BCUT2D eigenvalue weighted by atomic mass is 10.1. The first-order chi connectivity index (χ1) is 15.5. The number of aromatic amines is 1. The monoisotopic (exact) mass is 451 g/mol. The van der Waals surface area contributed by atoms with Gasteiger partial charge in [0.1, 0.15) is 5.82 Å². The summed E-state index contributed by atoms with van der Waals surface area (Å²) in [5, 5.41) is 10.1. The second-order valence-corrected chi connectivity index (χ2v) is 10.3. The van der Waals surface area contributed by atoms with Crippen LogP contribution in [0, 0.1) is 0 Å². The molecule has 1 saturated heterocycles. The smallest absolute Gasteiger partial charge is 0.255 e. The summed E-state index contributed by atoms with van der Waals surface area (Å²) < 4.78 is 27.4. The molecule has 32 heavy (non-hydrogen) atoms. The number of rotatable bonds is 6. The normalized spacial score (nSPS) is 17.2. The number of hydrogen-bond donors (Lipinski definition) is 2. The molecular formula is C23H25N5O3S. The van der Waals surface area contributed by atoms with Crippen LogP contribution in [0.3, 0.4) is 0 Å². The van der Waals surface area contributed by atoms with Gasteiger partial charge in [-0.15, -0.1) is 0 Å². The van der Waals surface area contributed by atoms with Crippen molar-refractivity contribution >= 4 is 21.6 Å². The largest absolute Gasteiger partial charge is 0.322 e. The number of H-pyrrole nitrogens is 1. The van der Waals surface area contributed by atoms with Gasteiger partial charge in [-0.3, -0.25) is 9.89 Å². The van der Waals surface area contributed by atoms with Crippen LogP contribution in [0.25, 0.3) is 11.4 Å². The van der Waals surface area contributed by atoms with Crippen LogP contribution in [0.4, 0.5) is 5.69 Å². The van der Waals surface area contributed by atoms with Crippen molar-refractivity contribution in [3.05, 3.63) is 59.9 Å². The number of amides is 1. The van der Waals surface area contributed by atoms with Crippen molar-refractivity contribution in [1.82, 2.24) is 19.5 Å². The van der Waals surface area contributed by atoms with E-state index >= 15 is 0 Å². The summed E-state index contributed by atoms with van der Waals surface area (Å²) in [6.07, 6.45) is 5.04. The van der Waals surface area contributed by atoms with Crippen molar-refractivity contribution in [3.8, 4) is 11.4 Å². The Kier molecular flexibility index (Phi) is 5.52. The Balaban J connectivity index is 1.33. The molecule has 2 N–H and O–H groups in total. The number of nitrogens with zero attached hydrogens (tertiary/aromatic N) is 3. The molecule has 2 aliphatic rings. The van der Waals surface area contributed by atoms with Gasteiger partial charge in [-0.05, 0) is 56.0 Å². The summed E-state index contributed by atoms with van der Waals surface area (Å²) >= 11 is 0. The van der Waals surface area contributed by atoms with E-state index in [0.717, 1.165) is 43.5 Å². The molecule has 2 fully saturated rings. The molecule has 1 saturated carbocycles. The Hall–Kier alpha value is -3.04. The summed E-state index contributed by atoms with van der Waals surface area (Å²) in [4.78, 5) is 17.6. The third kappa shape index (κ3) is 4.31. The molecule has 5 rings (SSSR count). The molecule has 2 aromatic carbocycles. The minimum atomic E-state index is -3.60. The summed E-state index contributed by atoms with van der Waals surface area (Å²) in [6.45, 7) is 1.05. The van der Waals surface area contributed by atoms with Gasteiger partial charge in [0.25, 0.3) is 5.91 Å². The lowest BCUT2D eigenvalue weighted by Gasteiger charge is -2.26. The maximum absolute atomic E-state index is 13.0. The Labute approximate surface area is 187 Å². The van der Waals surface area contributed by atoms with E-state index in [0.29, 0.717) is 36.1 Å². The second kappa shape index (κ2) is 8.48. The maximum Gasteiger partial charge on any atom is 0.255 e. The molecule has 1 aliphatic heterocycles. The van der Waals surface area contributed by atoms with Crippen molar-refractivity contribution in [2.24, 2.45) is 0 Å². The molecule has 1 amide bonds. The van der Waals surface area contributed by atoms with E-state index in [4.69, 9.17) is 0 Å². The van der Waals surface area contributed by atoms with Gasteiger partial charge in [-0.1, -0.05) is 24.6 Å². The third-order valence-corrected chi connectivity index (χ3v) is 7.79. The number of sulfonamides is 1. The Bertz CT molecular complexity index is 1240. The minimum Gasteiger partial charge on any atom is -0.322 e. The van der Waals surface area contributed by atoms with E-state index < -0.39 is 10.0 Å². The number of carbonyl (C=O) groups is 1. The highest BCUT2D eigenvalue weighted by atomic mass is 32.2. The van der Waals surface area contributed by atoms with Gasteiger partial charge in [-0.2, -0.15) is 9.40 Å². The summed E-state index contributed by atoms with van der Waals surface area (Å²) in [6, 6.07) is 13.5. The van der Waals surface area contributed by atoms with E-state index in [1.54, 1.807) is 24.3 Å². The fourth-order valence-corrected chi connectivity index (χ4v) is 5.50. The van der Waals surface area contributed by atoms with Gasteiger partial charge < -0.3 is 5.32 Å². The molecular weight excluding hydrogens is 426 g/mol. The number of aromatic nitrogens is 3. The van der Waals surface area contributed by atoms with E-state index in [9.17, 15) is 13.2 Å². The predicted molar refractivity (Wildman–Crippen MR) is 121 cm³/mol. The maximum atomic E-state index is 13.0. The highest BCUT2D eigenvalue weighted by Crippen LogP contribution is 2.38. The van der Waals surface area contributed by atoms with Crippen LogP contribution >= 0.6 is 0 Å². The van der Waals surface area contributed by atoms with E-state index in [1.807, 2.05) is 18.2 Å². The second-order valence-electron chi connectivity index (χ2n) is 8.35. The average molecular weight is 452 g/mol. The quantitative estimate of drug-likeness (QED) is 0.593. The van der Waals surface area contributed by atoms with Crippen LogP contribution < -0.4 is 5.32 Å². The van der Waals surface area contributed by atoms with Crippen LogP contribution in [0.15, 0.2) is 53.4 Å². The molecule has 8 nitrogen and oxygen atoms in total. The fraction of sp³-hybridized carbons (Fsp3) is 0.348. The van der Waals surface area contributed by atoms with Gasteiger partial charge in [0.05, 0.1) is 4.90 Å². The molecule has 0 unspecified atom stereocenters. The summed E-state index contributed by atoms with van der Waals surface area (Å²) in [5.41, 5.74) is 1.68. The van der Waals surface area contributed by atoms with Crippen molar-refractivity contribution in [1.29, 1.82) is 0 Å². The van der Waals surface area contributed by atoms with Gasteiger partial charge in [-0.25, -0.2) is 13.4 Å². The standard InChI is InChI=1S/C23H25N5O3S/c29-23(18-7-5-9-20(15-18)32(30,31)28-12-2-1-3-13-28)24-19-8-4-6-17(14-19)22-25-21(26-27-22)16-10-11-16/h4-9,14-16H,1-3,10-13H2,(H,24,29)(H,25,26,27). The molecule has 9 heteroatoms. The van der Waals surface area contributed by atoms with E-state index in [1.165, 1.54) is 10.4 Å². The first-order valence-electron chi connectivity index (χ1n) is 10.9. The zero-order valence-electron chi connectivity index (χ0n) is 17.6. The first kappa shape index (κ1) is 20.8. The van der Waals surface area contributed by atoms with Crippen LogP contribution in [0.1, 0.15) is 54.2 Å². The lowest BCUT2D eigenvalue weighted by Crippen LogP contribution is -2.35.